The molecule has 0 aromatic heterocycles. The van der Waals surface area contributed by atoms with Gasteiger partial charge in [0, 0.05) is 23.8 Å². The van der Waals surface area contributed by atoms with Crippen LogP contribution < -0.4 is 10.6 Å². The zero-order chi connectivity index (χ0) is 18.9. The van der Waals surface area contributed by atoms with Gasteiger partial charge in [-0.2, -0.15) is 0 Å². The molecule has 2 aromatic rings. The Balaban J connectivity index is 2.19. The van der Waals surface area contributed by atoms with E-state index in [0.717, 1.165) is 4.90 Å². The van der Waals surface area contributed by atoms with Crippen LogP contribution in [0.3, 0.4) is 0 Å². The fourth-order valence-corrected chi connectivity index (χ4v) is 3.31. The van der Waals surface area contributed by atoms with E-state index in [1.54, 1.807) is 49.2 Å². The lowest BCUT2D eigenvalue weighted by atomic mass is 10.1. The number of hydrogen-bond donors (Lipinski definition) is 2. The Labute approximate surface area is 158 Å². The van der Waals surface area contributed by atoms with Crippen LogP contribution in [0.15, 0.2) is 53.4 Å². The molecule has 2 N–H and O–H groups in total. The Hall–Kier alpha value is -2.31. The highest BCUT2D eigenvalue weighted by Gasteiger charge is 2.16. The van der Waals surface area contributed by atoms with E-state index in [4.69, 9.17) is 4.74 Å². The van der Waals surface area contributed by atoms with Gasteiger partial charge in [0.05, 0.1) is 23.4 Å². The molecule has 0 heterocycles. The molecule has 0 spiro atoms. The number of amides is 2. The molecule has 0 unspecified atom stereocenters. The Morgan fingerprint density at radius 3 is 2.35 bits per heavy atom. The van der Waals surface area contributed by atoms with E-state index in [9.17, 15) is 9.59 Å². The predicted octanol–water partition coefficient (Wildman–Crippen LogP) is 3.82. The largest absolute Gasteiger partial charge is 0.383 e. The minimum absolute atomic E-state index is 0.231. The number of ether oxygens (including phenoxy) is 1. The first kappa shape index (κ1) is 20.0. The summed E-state index contributed by atoms with van der Waals surface area (Å²) in [5.74, 6) is -0.478. The van der Waals surface area contributed by atoms with E-state index >= 15 is 0 Å². The summed E-state index contributed by atoms with van der Waals surface area (Å²) in [6, 6.07) is 14.4. The summed E-state index contributed by atoms with van der Waals surface area (Å²) in [4.78, 5) is 26.0. The maximum Gasteiger partial charge on any atom is 0.256 e. The van der Waals surface area contributed by atoms with Crippen LogP contribution in [0.5, 0.6) is 0 Å². The second-order valence-electron chi connectivity index (χ2n) is 5.91. The summed E-state index contributed by atoms with van der Waals surface area (Å²) in [6.45, 7) is 5.00. The molecular weight excluding hydrogens is 348 g/mol. The highest BCUT2D eigenvalue weighted by atomic mass is 32.2. The van der Waals surface area contributed by atoms with Crippen LogP contribution in [0.1, 0.15) is 34.6 Å². The number of methoxy groups -OCH3 is 1. The van der Waals surface area contributed by atoms with Gasteiger partial charge in [-0.05, 0) is 24.3 Å². The second kappa shape index (κ2) is 9.99. The molecule has 0 aliphatic heterocycles. The van der Waals surface area contributed by atoms with Crippen molar-refractivity contribution in [1.29, 1.82) is 0 Å². The Morgan fingerprint density at radius 1 is 1.00 bits per heavy atom. The molecule has 0 aliphatic carbocycles. The van der Waals surface area contributed by atoms with Crippen molar-refractivity contribution in [3.8, 4) is 0 Å². The molecule has 0 fully saturated rings. The SMILES string of the molecule is COCCNC(=O)c1ccccc1NC(=O)c1ccccc1SC(C)C. The average Bonchev–Trinajstić information content (AvgIpc) is 2.62. The molecule has 0 saturated carbocycles. The van der Waals surface area contributed by atoms with E-state index < -0.39 is 0 Å². The molecule has 0 saturated heterocycles. The van der Waals surface area contributed by atoms with Crippen LogP contribution in [-0.2, 0) is 4.74 Å². The van der Waals surface area contributed by atoms with Gasteiger partial charge in [-0.1, -0.05) is 38.1 Å². The van der Waals surface area contributed by atoms with E-state index in [1.165, 1.54) is 0 Å². The number of anilines is 1. The van der Waals surface area contributed by atoms with Gasteiger partial charge in [-0.3, -0.25) is 9.59 Å². The lowest BCUT2D eigenvalue weighted by Gasteiger charge is -2.14. The van der Waals surface area contributed by atoms with Crippen LogP contribution in [0.4, 0.5) is 5.69 Å². The Bertz CT molecular complexity index is 762. The summed E-state index contributed by atoms with van der Waals surface area (Å²) in [7, 11) is 1.58. The lowest BCUT2D eigenvalue weighted by molar-refractivity contribution is 0.0938. The minimum atomic E-state index is -0.247. The molecule has 5 nitrogen and oxygen atoms in total. The van der Waals surface area contributed by atoms with E-state index in [1.807, 2.05) is 18.2 Å². The van der Waals surface area contributed by atoms with Crippen molar-refractivity contribution < 1.29 is 14.3 Å². The number of carbonyl (C=O) groups is 2. The molecule has 2 aromatic carbocycles. The van der Waals surface area contributed by atoms with Gasteiger partial charge in [0.25, 0.3) is 11.8 Å². The van der Waals surface area contributed by atoms with Gasteiger partial charge in [-0.25, -0.2) is 0 Å². The van der Waals surface area contributed by atoms with Crippen molar-refractivity contribution in [3.05, 3.63) is 59.7 Å². The Kier molecular flexibility index (Phi) is 7.69. The lowest BCUT2D eigenvalue weighted by Crippen LogP contribution is -2.28. The van der Waals surface area contributed by atoms with Crippen molar-refractivity contribution in [2.24, 2.45) is 0 Å². The highest BCUT2D eigenvalue weighted by Crippen LogP contribution is 2.27. The molecule has 2 amide bonds. The van der Waals surface area contributed by atoms with Gasteiger partial charge in [0.1, 0.15) is 0 Å². The molecule has 26 heavy (non-hydrogen) atoms. The van der Waals surface area contributed by atoms with Crippen LogP contribution >= 0.6 is 11.8 Å². The van der Waals surface area contributed by atoms with Crippen molar-refractivity contribution in [2.75, 3.05) is 25.6 Å². The molecule has 0 bridgehead atoms. The van der Waals surface area contributed by atoms with Crippen LogP contribution in [0.25, 0.3) is 0 Å². The zero-order valence-electron chi connectivity index (χ0n) is 15.2. The van der Waals surface area contributed by atoms with Crippen molar-refractivity contribution in [1.82, 2.24) is 5.32 Å². The molecule has 0 atom stereocenters. The highest BCUT2D eigenvalue weighted by molar-refractivity contribution is 8.00. The van der Waals surface area contributed by atoms with Crippen LogP contribution in [0.2, 0.25) is 0 Å². The summed E-state index contributed by atoms with van der Waals surface area (Å²) in [5, 5.41) is 6.00. The molecule has 138 valence electrons. The van der Waals surface area contributed by atoms with Crippen molar-refractivity contribution in [3.63, 3.8) is 0 Å². The number of hydrogen-bond acceptors (Lipinski definition) is 4. The number of benzene rings is 2. The zero-order valence-corrected chi connectivity index (χ0v) is 16.1. The van der Waals surface area contributed by atoms with Gasteiger partial charge in [-0.15, -0.1) is 11.8 Å². The maximum atomic E-state index is 12.8. The first-order valence-electron chi connectivity index (χ1n) is 8.46. The monoisotopic (exact) mass is 372 g/mol. The van der Waals surface area contributed by atoms with E-state index in [0.29, 0.717) is 35.2 Å². The van der Waals surface area contributed by atoms with Gasteiger partial charge < -0.3 is 15.4 Å². The van der Waals surface area contributed by atoms with Crippen molar-refractivity contribution >= 4 is 29.3 Å². The van der Waals surface area contributed by atoms with Gasteiger partial charge in [0.15, 0.2) is 0 Å². The third kappa shape index (κ3) is 5.61. The first-order chi connectivity index (χ1) is 12.5. The standard InChI is InChI=1S/C20H24N2O3S/c1-14(2)26-18-11-7-5-9-16(18)20(24)22-17-10-6-4-8-15(17)19(23)21-12-13-25-3/h4-11,14H,12-13H2,1-3H3,(H,21,23)(H,22,24). The summed E-state index contributed by atoms with van der Waals surface area (Å²) >= 11 is 1.63. The number of carbonyl (C=O) groups excluding carboxylic acids is 2. The maximum absolute atomic E-state index is 12.8. The summed E-state index contributed by atoms with van der Waals surface area (Å²) in [6.07, 6.45) is 0. The minimum Gasteiger partial charge on any atom is -0.383 e. The smallest absolute Gasteiger partial charge is 0.256 e. The second-order valence-corrected chi connectivity index (χ2v) is 7.53. The molecular formula is C20H24N2O3S. The Morgan fingerprint density at radius 2 is 1.65 bits per heavy atom. The van der Waals surface area contributed by atoms with E-state index in [-0.39, 0.29) is 11.8 Å². The first-order valence-corrected chi connectivity index (χ1v) is 9.34. The van der Waals surface area contributed by atoms with Gasteiger partial charge >= 0.3 is 0 Å². The fraction of sp³-hybridized carbons (Fsp3) is 0.300. The summed E-state index contributed by atoms with van der Waals surface area (Å²) in [5.41, 5.74) is 1.50. The van der Waals surface area contributed by atoms with Crippen LogP contribution in [-0.4, -0.2) is 37.3 Å². The third-order valence-electron chi connectivity index (χ3n) is 3.51. The van der Waals surface area contributed by atoms with Gasteiger partial charge in [0.2, 0.25) is 0 Å². The number of rotatable bonds is 8. The predicted molar refractivity (Wildman–Crippen MR) is 106 cm³/mol. The third-order valence-corrected chi connectivity index (χ3v) is 4.59. The topological polar surface area (TPSA) is 67.4 Å². The summed E-state index contributed by atoms with van der Waals surface area (Å²) < 4.78 is 4.94. The normalized spacial score (nSPS) is 10.6. The van der Waals surface area contributed by atoms with Crippen LogP contribution in [0, 0.1) is 0 Å². The number of nitrogens with one attached hydrogen (secondary N) is 2. The fourth-order valence-electron chi connectivity index (χ4n) is 2.35. The molecule has 0 aliphatic rings. The number of thioether (sulfide) groups is 1. The average molecular weight is 372 g/mol. The quantitative estimate of drug-likeness (QED) is 0.546. The van der Waals surface area contributed by atoms with Crippen molar-refractivity contribution in [2.45, 2.75) is 24.0 Å². The number of para-hydroxylation sites is 1. The molecule has 6 heteroatoms. The molecule has 0 radical (unpaired) electrons. The van der Waals surface area contributed by atoms with E-state index in [2.05, 4.69) is 24.5 Å². The molecule has 2 rings (SSSR count).